The number of hydrogen-bond donors (Lipinski definition) is 0. The Kier molecular flexibility index (Phi) is 11.1. The molecule has 0 radical (unpaired) electrons. The largest absolute Gasteiger partial charge is 0.490 e. The SMILES string of the molecule is CCCCCCCCc1cnc(-c2ccc(-c3ccc(OC[C@@H](F)[C@H](F)CCC)cc3)cc2)nc1. The predicted octanol–water partition coefficient (Wildman–Crippen LogP) is 8.57. The molecule has 35 heavy (non-hydrogen) atoms. The zero-order chi connectivity index (χ0) is 24.9. The molecule has 0 N–H and O–H groups in total. The maximum absolute atomic E-state index is 13.8. The van der Waals surface area contributed by atoms with Crippen LogP contribution in [0.5, 0.6) is 5.75 Å². The van der Waals surface area contributed by atoms with Gasteiger partial charge in [0.15, 0.2) is 12.0 Å². The van der Waals surface area contributed by atoms with E-state index < -0.39 is 12.3 Å². The molecular weight excluding hydrogens is 442 g/mol. The topological polar surface area (TPSA) is 35.0 Å². The van der Waals surface area contributed by atoms with Gasteiger partial charge in [0.05, 0.1) is 0 Å². The summed E-state index contributed by atoms with van der Waals surface area (Å²) >= 11 is 0. The van der Waals surface area contributed by atoms with Gasteiger partial charge in [0, 0.05) is 18.0 Å². The summed E-state index contributed by atoms with van der Waals surface area (Å²) in [6.45, 7) is 3.81. The second-order valence-electron chi connectivity index (χ2n) is 9.17. The molecule has 3 aromatic rings. The van der Waals surface area contributed by atoms with E-state index in [1.54, 1.807) is 12.1 Å². The third-order valence-electron chi connectivity index (χ3n) is 6.22. The van der Waals surface area contributed by atoms with Crippen LogP contribution in [0, 0.1) is 0 Å². The minimum absolute atomic E-state index is 0.216. The maximum Gasteiger partial charge on any atom is 0.165 e. The highest BCUT2D eigenvalue weighted by atomic mass is 19.2. The first-order chi connectivity index (χ1) is 17.1. The van der Waals surface area contributed by atoms with E-state index in [0.29, 0.717) is 12.2 Å². The molecule has 0 unspecified atom stereocenters. The molecule has 0 spiro atoms. The van der Waals surface area contributed by atoms with Crippen molar-refractivity contribution in [1.82, 2.24) is 9.97 Å². The monoisotopic (exact) mass is 480 g/mol. The van der Waals surface area contributed by atoms with Crippen molar-refractivity contribution in [2.24, 2.45) is 0 Å². The van der Waals surface area contributed by atoms with Crippen LogP contribution in [0.4, 0.5) is 8.78 Å². The van der Waals surface area contributed by atoms with Gasteiger partial charge in [-0.25, -0.2) is 18.7 Å². The van der Waals surface area contributed by atoms with Crippen LogP contribution < -0.4 is 4.74 Å². The molecule has 0 saturated heterocycles. The van der Waals surface area contributed by atoms with Gasteiger partial charge in [-0.1, -0.05) is 88.8 Å². The summed E-state index contributed by atoms with van der Waals surface area (Å²) in [5.74, 6) is 1.26. The molecule has 0 amide bonds. The molecule has 0 aliphatic carbocycles. The first-order valence-electron chi connectivity index (χ1n) is 13.0. The van der Waals surface area contributed by atoms with E-state index in [0.717, 1.165) is 28.9 Å². The zero-order valence-corrected chi connectivity index (χ0v) is 21.1. The minimum Gasteiger partial charge on any atom is -0.490 e. The number of nitrogens with zero attached hydrogens (tertiary/aromatic N) is 2. The Bertz CT molecular complexity index is 975. The molecule has 2 atom stereocenters. The number of unbranched alkanes of at least 4 members (excludes halogenated alkanes) is 5. The molecular formula is C30H38F2N2O. The van der Waals surface area contributed by atoms with Crippen molar-refractivity contribution in [2.45, 2.75) is 84.0 Å². The molecule has 0 bridgehead atoms. The molecule has 0 aliphatic rings. The van der Waals surface area contributed by atoms with Gasteiger partial charge in [0.25, 0.3) is 0 Å². The second-order valence-corrected chi connectivity index (χ2v) is 9.17. The number of aromatic nitrogens is 2. The van der Waals surface area contributed by atoms with Crippen LogP contribution in [0.2, 0.25) is 0 Å². The number of ether oxygens (including phenoxy) is 1. The Morgan fingerprint density at radius 1 is 0.686 bits per heavy atom. The third kappa shape index (κ3) is 8.72. The molecule has 0 fully saturated rings. The number of aryl methyl sites for hydroxylation is 1. The normalized spacial score (nSPS) is 12.9. The van der Waals surface area contributed by atoms with E-state index in [-0.39, 0.29) is 13.0 Å². The van der Waals surface area contributed by atoms with Gasteiger partial charge in [-0.3, -0.25) is 0 Å². The van der Waals surface area contributed by atoms with E-state index in [1.807, 2.05) is 55.7 Å². The average Bonchev–Trinajstić information content (AvgIpc) is 2.90. The lowest BCUT2D eigenvalue weighted by molar-refractivity contribution is 0.103. The number of halogens is 2. The standard InChI is InChI=1S/C30H38F2N2O/c1-3-5-6-7-8-9-11-23-20-33-30(34-21-23)26-14-12-24(13-15-26)25-16-18-27(19-17-25)35-22-29(32)28(31)10-4-2/h12-21,28-29H,3-11,22H2,1-2H3/t28-,29-/m1/s1. The maximum atomic E-state index is 13.8. The highest BCUT2D eigenvalue weighted by Crippen LogP contribution is 2.25. The first kappa shape index (κ1) is 26.8. The van der Waals surface area contributed by atoms with Crippen LogP contribution >= 0.6 is 0 Å². The van der Waals surface area contributed by atoms with Crippen molar-refractivity contribution >= 4 is 0 Å². The van der Waals surface area contributed by atoms with E-state index in [9.17, 15) is 8.78 Å². The highest BCUT2D eigenvalue weighted by Gasteiger charge is 2.20. The Hall–Kier alpha value is -2.82. The van der Waals surface area contributed by atoms with Crippen LogP contribution in [-0.4, -0.2) is 28.9 Å². The lowest BCUT2D eigenvalue weighted by atomic mass is 10.0. The van der Waals surface area contributed by atoms with Crippen molar-refractivity contribution in [3.05, 3.63) is 66.5 Å². The second kappa shape index (κ2) is 14.6. The summed E-state index contributed by atoms with van der Waals surface area (Å²) in [7, 11) is 0. The summed E-state index contributed by atoms with van der Waals surface area (Å²) < 4.78 is 32.8. The smallest absolute Gasteiger partial charge is 0.165 e. The van der Waals surface area contributed by atoms with Crippen molar-refractivity contribution in [3.63, 3.8) is 0 Å². The summed E-state index contributed by atoms with van der Waals surface area (Å²) in [5, 5.41) is 0. The Morgan fingerprint density at radius 3 is 1.89 bits per heavy atom. The van der Waals surface area contributed by atoms with Gasteiger partial charge in [-0.05, 0) is 48.1 Å². The van der Waals surface area contributed by atoms with Gasteiger partial charge in [-0.2, -0.15) is 0 Å². The molecule has 5 heteroatoms. The molecule has 3 nitrogen and oxygen atoms in total. The van der Waals surface area contributed by atoms with Gasteiger partial charge >= 0.3 is 0 Å². The minimum atomic E-state index is -1.60. The molecule has 1 aromatic heterocycles. The summed E-state index contributed by atoms with van der Waals surface area (Å²) in [5.41, 5.74) is 4.23. The molecule has 1 heterocycles. The summed E-state index contributed by atoms with van der Waals surface area (Å²) in [6.07, 6.45) is 10.4. The van der Waals surface area contributed by atoms with E-state index in [4.69, 9.17) is 4.74 Å². The Labute approximate surface area is 209 Å². The zero-order valence-electron chi connectivity index (χ0n) is 21.1. The van der Waals surface area contributed by atoms with Gasteiger partial charge < -0.3 is 4.74 Å². The number of benzene rings is 2. The van der Waals surface area contributed by atoms with Gasteiger partial charge in [-0.15, -0.1) is 0 Å². The number of rotatable bonds is 15. The van der Waals surface area contributed by atoms with E-state index in [2.05, 4.69) is 16.9 Å². The van der Waals surface area contributed by atoms with Crippen LogP contribution in [0.3, 0.4) is 0 Å². The molecule has 0 aliphatic heterocycles. The lowest BCUT2D eigenvalue weighted by Gasteiger charge is -2.14. The van der Waals surface area contributed by atoms with Crippen molar-refractivity contribution in [3.8, 4) is 28.3 Å². The summed E-state index contributed by atoms with van der Waals surface area (Å²) in [4.78, 5) is 9.13. The number of alkyl halides is 2. The van der Waals surface area contributed by atoms with Crippen molar-refractivity contribution < 1.29 is 13.5 Å². The van der Waals surface area contributed by atoms with Crippen molar-refractivity contribution in [1.29, 1.82) is 0 Å². The fourth-order valence-electron chi connectivity index (χ4n) is 4.03. The van der Waals surface area contributed by atoms with Gasteiger partial charge in [0.2, 0.25) is 0 Å². The predicted molar refractivity (Wildman–Crippen MR) is 140 cm³/mol. The Morgan fingerprint density at radius 2 is 1.26 bits per heavy atom. The summed E-state index contributed by atoms with van der Waals surface area (Å²) in [6, 6.07) is 15.5. The van der Waals surface area contributed by atoms with Crippen LogP contribution in [-0.2, 0) is 6.42 Å². The fraction of sp³-hybridized carbons (Fsp3) is 0.467. The average molecular weight is 481 g/mol. The van der Waals surface area contributed by atoms with Crippen molar-refractivity contribution in [2.75, 3.05) is 6.61 Å². The number of hydrogen-bond acceptors (Lipinski definition) is 3. The fourth-order valence-corrected chi connectivity index (χ4v) is 4.03. The van der Waals surface area contributed by atoms with Gasteiger partial charge in [0.1, 0.15) is 18.5 Å². The van der Waals surface area contributed by atoms with E-state index in [1.165, 1.54) is 44.1 Å². The van der Waals surface area contributed by atoms with Crippen LogP contribution in [0.15, 0.2) is 60.9 Å². The lowest BCUT2D eigenvalue weighted by Crippen LogP contribution is -2.24. The first-order valence-corrected chi connectivity index (χ1v) is 13.0. The highest BCUT2D eigenvalue weighted by molar-refractivity contribution is 5.68. The third-order valence-corrected chi connectivity index (χ3v) is 6.22. The molecule has 188 valence electrons. The quantitative estimate of drug-likeness (QED) is 0.204. The van der Waals surface area contributed by atoms with Crippen LogP contribution in [0.25, 0.3) is 22.5 Å². The van der Waals surface area contributed by atoms with E-state index >= 15 is 0 Å². The Balaban J connectivity index is 1.50. The molecule has 2 aromatic carbocycles. The molecule has 3 rings (SSSR count). The molecule has 0 saturated carbocycles. The van der Waals surface area contributed by atoms with Crippen LogP contribution in [0.1, 0.15) is 70.8 Å².